The van der Waals surface area contributed by atoms with Gasteiger partial charge in [-0.1, -0.05) is 0 Å². The molecule has 0 bridgehead atoms. The zero-order valence-electron chi connectivity index (χ0n) is 13.5. The summed E-state index contributed by atoms with van der Waals surface area (Å²) < 4.78 is 24.6. The van der Waals surface area contributed by atoms with E-state index in [0.717, 1.165) is 13.1 Å². The number of rotatable bonds is 6. The van der Waals surface area contributed by atoms with Crippen molar-refractivity contribution in [3.05, 3.63) is 23.5 Å². The number of hydrogen-bond donors (Lipinski definition) is 2. The van der Waals surface area contributed by atoms with Crippen LogP contribution >= 0.6 is 0 Å². The SMILES string of the molecule is COc1cc(F)c(CN2CCNC[C@H](CC(=O)O)C2)cc1OC. The van der Waals surface area contributed by atoms with E-state index in [1.807, 2.05) is 0 Å². The molecule has 128 valence electrons. The minimum Gasteiger partial charge on any atom is -0.493 e. The molecule has 0 saturated carbocycles. The quantitative estimate of drug-likeness (QED) is 0.822. The van der Waals surface area contributed by atoms with Crippen molar-refractivity contribution in [2.24, 2.45) is 5.92 Å². The summed E-state index contributed by atoms with van der Waals surface area (Å²) in [5.74, 6) is -0.308. The summed E-state index contributed by atoms with van der Waals surface area (Å²) in [6.45, 7) is 3.18. The highest BCUT2D eigenvalue weighted by Gasteiger charge is 2.22. The first kappa shape index (κ1) is 17.5. The van der Waals surface area contributed by atoms with Crippen LogP contribution in [0.15, 0.2) is 12.1 Å². The Balaban J connectivity index is 2.12. The van der Waals surface area contributed by atoms with Crippen LogP contribution in [0.3, 0.4) is 0 Å². The van der Waals surface area contributed by atoms with E-state index in [0.29, 0.717) is 36.7 Å². The fourth-order valence-electron chi connectivity index (χ4n) is 2.85. The maximum absolute atomic E-state index is 14.2. The van der Waals surface area contributed by atoms with Crippen LogP contribution in [0.4, 0.5) is 4.39 Å². The molecule has 6 nitrogen and oxygen atoms in total. The van der Waals surface area contributed by atoms with Crippen LogP contribution in [0, 0.1) is 11.7 Å². The van der Waals surface area contributed by atoms with Gasteiger partial charge in [0.2, 0.25) is 0 Å². The van der Waals surface area contributed by atoms with Crippen LogP contribution in [0.25, 0.3) is 0 Å². The molecule has 1 aliphatic rings. The van der Waals surface area contributed by atoms with Crippen LogP contribution in [0.2, 0.25) is 0 Å². The highest BCUT2D eigenvalue weighted by Crippen LogP contribution is 2.30. The Morgan fingerprint density at radius 3 is 2.74 bits per heavy atom. The molecule has 1 fully saturated rings. The first-order valence-electron chi connectivity index (χ1n) is 7.58. The van der Waals surface area contributed by atoms with Crippen molar-refractivity contribution in [1.29, 1.82) is 0 Å². The molecular formula is C16H23FN2O4. The number of nitrogens with zero attached hydrogens (tertiary/aromatic N) is 1. The van der Waals surface area contributed by atoms with E-state index in [1.165, 1.54) is 20.3 Å². The number of methoxy groups -OCH3 is 2. The van der Waals surface area contributed by atoms with E-state index in [1.54, 1.807) is 6.07 Å². The first-order chi connectivity index (χ1) is 11.0. The Morgan fingerprint density at radius 2 is 2.09 bits per heavy atom. The molecule has 1 aromatic rings. The Labute approximate surface area is 135 Å². The number of aliphatic carboxylic acids is 1. The molecule has 0 spiro atoms. The smallest absolute Gasteiger partial charge is 0.303 e. The van der Waals surface area contributed by atoms with E-state index >= 15 is 0 Å². The van der Waals surface area contributed by atoms with Crippen molar-refractivity contribution >= 4 is 5.97 Å². The molecule has 23 heavy (non-hydrogen) atoms. The topological polar surface area (TPSA) is 71.0 Å². The Kier molecular flexibility index (Phi) is 6.18. The molecule has 0 amide bonds. The van der Waals surface area contributed by atoms with Gasteiger partial charge < -0.3 is 19.9 Å². The molecule has 0 unspecified atom stereocenters. The predicted molar refractivity (Wildman–Crippen MR) is 83.4 cm³/mol. The first-order valence-corrected chi connectivity index (χ1v) is 7.58. The zero-order valence-corrected chi connectivity index (χ0v) is 13.5. The van der Waals surface area contributed by atoms with Gasteiger partial charge in [0.1, 0.15) is 5.82 Å². The Morgan fingerprint density at radius 1 is 1.39 bits per heavy atom. The third kappa shape index (κ3) is 4.80. The van der Waals surface area contributed by atoms with Crippen LogP contribution < -0.4 is 14.8 Å². The number of hydrogen-bond acceptors (Lipinski definition) is 5. The Hall–Kier alpha value is -1.86. The molecule has 0 aromatic heterocycles. The monoisotopic (exact) mass is 326 g/mol. The van der Waals surface area contributed by atoms with Gasteiger partial charge in [0, 0.05) is 37.8 Å². The third-order valence-electron chi connectivity index (χ3n) is 3.96. The lowest BCUT2D eigenvalue weighted by Crippen LogP contribution is -2.31. The van der Waals surface area contributed by atoms with E-state index < -0.39 is 5.97 Å². The largest absolute Gasteiger partial charge is 0.493 e. The summed E-state index contributed by atoms with van der Waals surface area (Å²) in [5.41, 5.74) is 0.513. The van der Waals surface area contributed by atoms with Crippen LogP contribution in [0.1, 0.15) is 12.0 Å². The lowest BCUT2D eigenvalue weighted by molar-refractivity contribution is -0.138. The second-order valence-electron chi connectivity index (χ2n) is 5.70. The fourth-order valence-corrected chi connectivity index (χ4v) is 2.85. The number of carboxylic acid groups (broad SMARTS) is 1. The van der Waals surface area contributed by atoms with Gasteiger partial charge >= 0.3 is 5.97 Å². The van der Waals surface area contributed by atoms with Crippen molar-refractivity contribution in [2.45, 2.75) is 13.0 Å². The van der Waals surface area contributed by atoms with Gasteiger partial charge in [0.05, 0.1) is 20.6 Å². The van der Waals surface area contributed by atoms with Gasteiger partial charge in [0.25, 0.3) is 0 Å². The number of carboxylic acids is 1. The number of benzene rings is 1. The second-order valence-corrected chi connectivity index (χ2v) is 5.70. The third-order valence-corrected chi connectivity index (χ3v) is 3.96. The van der Waals surface area contributed by atoms with Crippen molar-refractivity contribution < 1.29 is 23.8 Å². The maximum atomic E-state index is 14.2. The fraction of sp³-hybridized carbons (Fsp3) is 0.562. The average molecular weight is 326 g/mol. The normalized spacial score (nSPS) is 19.2. The molecule has 2 N–H and O–H groups in total. The van der Waals surface area contributed by atoms with Gasteiger partial charge in [-0.2, -0.15) is 0 Å². The van der Waals surface area contributed by atoms with Gasteiger partial charge in [-0.15, -0.1) is 0 Å². The summed E-state index contributed by atoms with van der Waals surface area (Å²) in [6, 6.07) is 2.96. The number of nitrogens with one attached hydrogen (secondary N) is 1. The summed E-state index contributed by atoms with van der Waals surface area (Å²) in [4.78, 5) is 13.0. The molecule has 1 aromatic carbocycles. The van der Waals surface area contributed by atoms with Gasteiger partial charge in [0.15, 0.2) is 11.5 Å². The highest BCUT2D eigenvalue weighted by atomic mass is 19.1. The van der Waals surface area contributed by atoms with E-state index in [-0.39, 0.29) is 18.2 Å². The second kappa shape index (κ2) is 8.12. The van der Waals surface area contributed by atoms with Crippen molar-refractivity contribution in [2.75, 3.05) is 40.4 Å². The summed E-state index contributed by atoms with van der Waals surface area (Å²) in [7, 11) is 2.98. The summed E-state index contributed by atoms with van der Waals surface area (Å²) in [5, 5.41) is 12.2. The van der Waals surface area contributed by atoms with Crippen molar-refractivity contribution in [1.82, 2.24) is 10.2 Å². The summed E-state index contributed by atoms with van der Waals surface area (Å²) >= 11 is 0. The van der Waals surface area contributed by atoms with Crippen molar-refractivity contribution in [3.63, 3.8) is 0 Å². The van der Waals surface area contributed by atoms with Gasteiger partial charge in [-0.05, 0) is 18.5 Å². The maximum Gasteiger partial charge on any atom is 0.303 e. The number of ether oxygens (including phenoxy) is 2. The van der Waals surface area contributed by atoms with E-state index in [9.17, 15) is 9.18 Å². The van der Waals surface area contributed by atoms with E-state index in [4.69, 9.17) is 14.6 Å². The zero-order chi connectivity index (χ0) is 16.8. The molecule has 2 rings (SSSR count). The van der Waals surface area contributed by atoms with Crippen LogP contribution in [-0.4, -0.2) is 56.4 Å². The van der Waals surface area contributed by atoms with E-state index in [2.05, 4.69) is 10.2 Å². The lowest BCUT2D eigenvalue weighted by Gasteiger charge is -2.23. The molecule has 7 heteroatoms. The molecule has 1 atom stereocenters. The molecular weight excluding hydrogens is 303 g/mol. The molecule has 1 aliphatic heterocycles. The number of carbonyl (C=O) groups is 1. The molecule has 0 aliphatic carbocycles. The number of halogens is 1. The minimum absolute atomic E-state index is 0.0122. The average Bonchev–Trinajstić information content (AvgIpc) is 2.73. The standard InChI is InChI=1S/C16H23FN2O4/c1-22-14-6-12(13(17)7-15(14)23-2)10-19-4-3-18-8-11(9-19)5-16(20)21/h6-7,11,18H,3-5,8-10H2,1-2H3,(H,20,21)/t11-/m0/s1. The highest BCUT2D eigenvalue weighted by molar-refractivity contribution is 5.67. The molecule has 1 heterocycles. The van der Waals surface area contributed by atoms with Gasteiger partial charge in [-0.3, -0.25) is 9.69 Å². The lowest BCUT2D eigenvalue weighted by atomic mass is 10.0. The summed E-state index contributed by atoms with van der Waals surface area (Å²) in [6.07, 6.45) is 0.109. The molecule has 0 radical (unpaired) electrons. The predicted octanol–water partition coefficient (Wildman–Crippen LogP) is 1.34. The van der Waals surface area contributed by atoms with Crippen LogP contribution in [0.5, 0.6) is 11.5 Å². The van der Waals surface area contributed by atoms with Gasteiger partial charge in [-0.25, -0.2) is 4.39 Å². The Bertz CT molecular complexity index is 553. The van der Waals surface area contributed by atoms with Crippen LogP contribution in [-0.2, 0) is 11.3 Å². The minimum atomic E-state index is -0.809. The molecule has 1 saturated heterocycles. The van der Waals surface area contributed by atoms with Crippen molar-refractivity contribution in [3.8, 4) is 11.5 Å².